The van der Waals surface area contributed by atoms with Crippen molar-refractivity contribution in [2.45, 2.75) is 19.4 Å². The first-order chi connectivity index (χ1) is 10.3. The summed E-state index contributed by atoms with van der Waals surface area (Å²) >= 11 is 1.73. The fourth-order valence-corrected chi connectivity index (χ4v) is 3.41. The highest BCUT2D eigenvalue weighted by Gasteiger charge is 2.17. The summed E-state index contributed by atoms with van der Waals surface area (Å²) in [6, 6.07) is 11.6. The van der Waals surface area contributed by atoms with Gasteiger partial charge in [0.15, 0.2) is 0 Å². The Morgan fingerprint density at radius 1 is 1.24 bits per heavy atom. The van der Waals surface area contributed by atoms with Gasteiger partial charge in [-0.25, -0.2) is 4.39 Å². The minimum absolute atomic E-state index is 0.00657. The number of nitrogens with zero attached hydrogens (tertiary/aromatic N) is 1. The van der Waals surface area contributed by atoms with E-state index in [4.69, 9.17) is 0 Å². The van der Waals surface area contributed by atoms with Gasteiger partial charge in [0, 0.05) is 4.70 Å². The van der Waals surface area contributed by atoms with Crippen LogP contribution in [0.3, 0.4) is 0 Å². The van der Waals surface area contributed by atoms with E-state index in [1.807, 2.05) is 0 Å². The molecule has 0 bridgehead atoms. The third-order valence-corrected chi connectivity index (χ3v) is 4.44. The molecule has 3 aromatic rings. The molecule has 1 N–H and O–H groups in total. The molecular formula is C17H17FN2S. The topological polar surface area (TPSA) is 24.9 Å². The molecule has 0 saturated heterocycles. The van der Waals surface area contributed by atoms with Crippen molar-refractivity contribution in [3.8, 4) is 0 Å². The summed E-state index contributed by atoms with van der Waals surface area (Å²) in [5.74, 6) is -0.303. The van der Waals surface area contributed by atoms with Crippen LogP contribution in [0.4, 0.5) is 4.39 Å². The number of rotatable bonds is 5. The van der Waals surface area contributed by atoms with E-state index in [0.29, 0.717) is 0 Å². The molecule has 1 atom stereocenters. The monoisotopic (exact) mass is 300 g/mol. The standard InChI is InChI=1S/C17H17FN2S/c1-2-9-19-16(15-7-6-13(18)11-20-15)14-5-3-4-12-8-10-21-17(12)14/h3-8,10-11,16,19H,2,9H2,1H3. The fourth-order valence-electron chi connectivity index (χ4n) is 2.46. The maximum absolute atomic E-state index is 13.1. The van der Waals surface area contributed by atoms with Gasteiger partial charge in [0.05, 0.1) is 17.9 Å². The van der Waals surface area contributed by atoms with E-state index < -0.39 is 0 Å². The van der Waals surface area contributed by atoms with E-state index in [1.54, 1.807) is 17.4 Å². The summed E-state index contributed by atoms with van der Waals surface area (Å²) in [6.07, 6.45) is 2.32. The Kier molecular flexibility index (Phi) is 4.27. The molecule has 0 aliphatic heterocycles. The van der Waals surface area contributed by atoms with Crippen molar-refractivity contribution in [3.05, 3.63) is 65.0 Å². The minimum Gasteiger partial charge on any atom is -0.305 e. The number of hydrogen-bond acceptors (Lipinski definition) is 3. The lowest BCUT2D eigenvalue weighted by Crippen LogP contribution is -2.24. The Bertz CT molecular complexity index is 721. The molecule has 21 heavy (non-hydrogen) atoms. The molecule has 2 nitrogen and oxygen atoms in total. The Hall–Kier alpha value is -1.78. The second kappa shape index (κ2) is 6.33. The molecule has 4 heteroatoms. The van der Waals surface area contributed by atoms with Crippen molar-refractivity contribution in [1.82, 2.24) is 10.3 Å². The van der Waals surface area contributed by atoms with Gasteiger partial charge in [0.1, 0.15) is 5.82 Å². The molecule has 3 rings (SSSR count). The number of hydrogen-bond donors (Lipinski definition) is 1. The lowest BCUT2D eigenvalue weighted by atomic mass is 10.0. The minimum atomic E-state index is -0.303. The van der Waals surface area contributed by atoms with Gasteiger partial charge < -0.3 is 5.32 Å². The zero-order valence-electron chi connectivity index (χ0n) is 11.8. The smallest absolute Gasteiger partial charge is 0.141 e. The molecule has 0 fully saturated rings. The van der Waals surface area contributed by atoms with E-state index in [-0.39, 0.29) is 11.9 Å². The van der Waals surface area contributed by atoms with Gasteiger partial charge >= 0.3 is 0 Å². The van der Waals surface area contributed by atoms with Gasteiger partial charge in [0.2, 0.25) is 0 Å². The Balaban J connectivity index is 2.06. The number of pyridine rings is 1. The number of fused-ring (bicyclic) bond motifs is 1. The highest BCUT2D eigenvalue weighted by atomic mass is 32.1. The largest absolute Gasteiger partial charge is 0.305 e. The normalized spacial score (nSPS) is 12.7. The highest BCUT2D eigenvalue weighted by molar-refractivity contribution is 7.17. The van der Waals surface area contributed by atoms with Crippen LogP contribution in [0.25, 0.3) is 10.1 Å². The van der Waals surface area contributed by atoms with Gasteiger partial charge in [-0.05, 0) is 47.5 Å². The molecular weight excluding hydrogens is 283 g/mol. The van der Waals surface area contributed by atoms with E-state index in [0.717, 1.165) is 18.7 Å². The number of aromatic nitrogens is 1. The fraction of sp³-hybridized carbons (Fsp3) is 0.235. The van der Waals surface area contributed by atoms with E-state index in [2.05, 4.69) is 46.9 Å². The van der Waals surface area contributed by atoms with Crippen molar-refractivity contribution in [2.24, 2.45) is 0 Å². The van der Waals surface area contributed by atoms with Crippen LogP contribution in [0, 0.1) is 5.82 Å². The molecule has 0 aliphatic carbocycles. The van der Waals surface area contributed by atoms with Crippen molar-refractivity contribution in [3.63, 3.8) is 0 Å². The first-order valence-corrected chi connectivity index (χ1v) is 7.98. The van der Waals surface area contributed by atoms with Gasteiger partial charge in [0.25, 0.3) is 0 Å². The second-order valence-corrected chi connectivity index (χ2v) is 5.89. The van der Waals surface area contributed by atoms with Crippen molar-refractivity contribution in [2.75, 3.05) is 6.54 Å². The van der Waals surface area contributed by atoms with Crippen LogP contribution in [0.2, 0.25) is 0 Å². The van der Waals surface area contributed by atoms with Gasteiger partial charge in [-0.3, -0.25) is 4.98 Å². The average molecular weight is 300 g/mol. The maximum atomic E-state index is 13.1. The third kappa shape index (κ3) is 2.96. The van der Waals surface area contributed by atoms with Crippen LogP contribution in [-0.2, 0) is 0 Å². The summed E-state index contributed by atoms with van der Waals surface area (Å²) in [5.41, 5.74) is 2.06. The molecule has 2 heterocycles. The average Bonchev–Trinajstić information content (AvgIpc) is 2.98. The van der Waals surface area contributed by atoms with Crippen LogP contribution < -0.4 is 5.32 Å². The number of thiophene rings is 1. The quantitative estimate of drug-likeness (QED) is 0.749. The molecule has 0 aliphatic rings. The maximum Gasteiger partial charge on any atom is 0.141 e. The zero-order valence-corrected chi connectivity index (χ0v) is 12.7. The lowest BCUT2D eigenvalue weighted by Gasteiger charge is -2.19. The third-order valence-electron chi connectivity index (χ3n) is 3.46. The van der Waals surface area contributed by atoms with Crippen LogP contribution in [0.15, 0.2) is 48.0 Å². The van der Waals surface area contributed by atoms with Crippen LogP contribution in [0.1, 0.15) is 30.6 Å². The van der Waals surface area contributed by atoms with Crippen molar-refractivity contribution < 1.29 is 4.39 Å². The highest BCUT2D eigenvalue weighted by Crippen LogP contribution is 2.31. The lowest BCUT2D eigenvalue weighted by molar-refractivity contribution is 0.579. The molecule has 0 radical (unpaired) electrons. The molecule has 0 spiro atoms. The van der Waals surface area contributed by atoms with Crippen LogP contribution in [-0.4, -0.2) is 11.5 Å². The number of halogens is 1. The van der Waals surface area contributed by atoms with Crippen LogP contribution >= 0.6 is 11.3 Å². The SMILES string of the molecule is CCCNC(c1ccc(F)cn1)c1cccc2ccsc12. The van der Waals surface area contributed by atoms with Crippen LogP contribution in [0.5, 0.6) is 0 Å². The first-order valence-electron chi connectivity index (χ1n) is 7.10. The molecule has 1 aromatic carbocycles. The summed E-state index contributed by atoms with van der Waals surface area (Å²) in [5, 5.41) is 6.86. The Morgan fingerprint density at radius 2 is 2.14 bits per heavy atom. The molecule has 108 valence electrons. The summed E-state index contributed by atoms with van der Waals surface area (Å²) in [4.78, 5) is 4.27. The number of nitrogens with one attached hydrogen (secondary N) is 1. The second-order valence-electron chi connectivity index (χ2n) is 4.97. The molecule has 2 aromatic heterocycles. The van der Waals surface area contributed by atoms with E-state index in [9.17, 15) is 4.39 Å². The van der Waals surface area contributed by atoms with E-state index >= 15 is 0 Å². The molecule has 0 amide bonds. The van der Waals surface area contributed by atoms with Gasteiger partial charge in [-0.15, -0.1) is 11.3 Å². The Morgan fingerprint density at radius 3 is 2.90 bits per heavy atom. The number of benzene rings is 1. The van der Waals surface area contributed by atoms with Crippen molar-refractivity contribution >= 4 is 21.4 Å². The van der Waals surface area contributed by atoms with E-state index in [1.165, 1.54) is 27.9 Å². The predicted molar refractivity (Wildman–Crippen MR) is 86.2 cm³/mol. The molecule has 0 saturated carbocycles. The van der Waals surface area contributed by atoms with Crippen molar-refractivity contribution in [1.29, 1.82) is 0 Å². The van der Waals surface area contributed by atoms with Gasteiger partial charge in [-0.2, -0.15) is 0 Å². The van der Waals surface area contributed by atoms with Gasteiger partial charge in [-0.1, -0.05) is 25.1 Å². The first kappa shape index (κ1) is 14.2. The zero-order chi connectivity index (χ0) is 14.7. The summed E-state index contributed by atoms with van der Waals surface area (Å²) in [6.45, 7) is 3.03. The molecule has 1 unspecified atom stereocenters. The summed E-state index contributed by atoms with van der Waals surface area (Å²) < 4.78 is 14.4. The predicted octanol–water partition coefficient (Wildman–Crippen LogP) is 4.52. The Labute approximate surface area is 127 Å². The summed E-state index contributed by atoms with van der Waals surface area (Å²) in [7, 11) is 0.